The van der Waals surface area contributed by atoms with Crippen molar-refractivity contribution >= 4 is 23.9 Å². The van der Waals surface area contributed by atoms with Crippen LogP contribution in [0.3, 0.4) is 0 Å². The second-order valence-electron chi connectivity index (χ2n) is 3.57. The van der Waals surface area contributed by atoms with Gasteiger partial charge in [-0.05, 0) is 6.42 Å². The largest absolute Gasteiger partial charge is 0.303 e. The molecule has 1 aromatic heterocycles. The van der Waals surface area contributed by atoms with Gasteiger partial charge in [-0.3, -0.25) is 4.79 Å². The van der Waals surface area contributed by atoms with Crippen molar-refractivity contribution in [1.82, 2.24) is 4.98 Å². The highest BCUT2D eigenvalue weighted by atomic mass is 32.1. The lowest BCUT2D eigenvalue weighted by Gasteiger charge is -2.13. The summed E-state index contributed by atoms with van der Waals surface area (Å²) >= 11 is 1.34. The number of aromatic nitrogens is 1. The van der Waals surface area contributed by atoms with Crippen molar-refractivity contribution in [3.8, 4) is 0 Å². The van der Waals surface area contributed by atoms with Gasteiger partial charge in [0, 0.05) is 16.5 Å². The van der Waals surface area contributed by atoms with E-state index in [1.54, 1.807) is 6.20 Å². The first-order chi connectivity index (χ1) is 6.07. The van der Waals surface area contributed by atoms with Crippen molar-refractivity contribution in [2.75, 3.05) is 0 Å². The molecule has 0 saturated heterocycles. The van der Waals surface area contributed by atoms with Gasteiger partial charge in [-0.25, -0.2) is 4.98 Å². The average Bonchev–Trinajstić information content (AvgIpc) is 2.52. The van der Waals surface area contributed by atoms with Crippen molar-refractivity contribution in [2.45, 2.75) is 20.3 Å². The Hall–Kier alpha value is -1.03. The third-order valence-corrected chi connectivity index (χ3v) is 2.54. The number of thiazole rings is 1. The van der Waals surface area contributed by atoms with Gasteiger partial charge in [-0.1, -0.05) is 13.8 Å². The molecule has 0 aromatic carbocycles. The van der Waals surface area contributed by atoms with E-state index in [-0.39, 0.29) is 5.41 Å². The molecule has 13 heavy (non-hydrogen) atoms. The molecule has 0 bridgehead atoms. The average molecular weight is 197 g/mol. The van der Waals surface area contributed by atoms with Gasteiger partial charge >= 0.3 is 0 Å². The Balaban J connectivity index is 2.74. The number of rotatable bonds is 4. The predicted molar refractivity (Wildman–Crippen MR) is 51.1 cm³/mol. The summed E-state index contributed by atoms with van der Waals surface area (Å²) in [6.07, 6.45) is 3.94. The van der Waals surface area contributed by atoms with Crippen LogP contribution < -0.4 is 0 Å². The predicted octanol–water partition coefficient (Wildman–Crippen LogP) is 1.72. The van der Waals surface area contributed by atoms with E-state index in [2.05, 4.69) is 4.98 Å². The molecular formula is C9H11NO2S. The van der Waals surface area contributed by atoms with E-state index < -0.39 is 0 Å². The minimum absolute atomic E-state index is 0.368. The molecule has 3 nitrogen and oxygen atoms in total. The molecule has 0 aliphatic heterocycles. The zero-order valence-electron chi connectivity index (χ0n) is 7.61. The minimum Gasteiger partial charge on any atom is -0.303 e. The van der Waals surface area contributed by atoms with E-state index in [1.165, 1.54) is 11.3 Å². The van der Waals surface area contributed by atoms with Crippen LogP contribution >= 0.6 is 11.3 Å². The van der Waals surface area contributed by atoms with E-state index in [9.17, 15) is 9.59 Å². The normalized spacial score (nSPS) is 11.2. The standard InChI is InChI=1S/C9H11NO2S/c1-9(2,6-12)3-7-4-10-8(5-11)13-7/h4-6H,3H2,1-2H3. The summed E-state index contributed by atoms with van der Waals surface area (Å²) in [5.74, 6) is 0. The van der Waals surface area contributed by atoms with E-state index in [4.69, 9.17) is 0 Å². The topological polar surface area (TPSA) is 47.0 Å². The van der Waals surface area contributed by atoms with Crippen LogP contribution in [0.2, 0.25) is 0 Å². The van der Waals surface area contributed by atoms with Crippen LogP contribution in [0.4, 0.5) is 0 Å². The number of carbonyl (C=O) groups is 2. The summed E-state index contributed by atoms with van der Waals surface area (Å²) in [6, 6.07) is 0. The first-order valence-corrected chi connectivity index (χ1v) is 4.75. The minimum atomic E-state index is -0.368. The van der Waals surface area contributed by atoms with Crippen LogP contribution in [0.1, 0.15) is 28.5 Å². The fourth-order valence-corrected chi connectivity index (χ4v) is 1.92. The molecule has 0 unspecified atom stereocenters. The highest BCUT2D eigenvalue weighted by Gasteiger charge is 2.18. The Morgan fingerprint density at radius 3 is 2.69 bits per heavy atom. The third-order valence-electron chi connectivity index (χ3n) is 1.62. The Kier molecular flexibility index (Phi) is 2.93. The molecule has 0 fully saturated rings. The maximum atomic E-state index is 10.6. The molecule has 0 amide bonds. The van der Waals surface area contributed by atoms with Crippen molar-refractivity contribution in [2.24, 2.45) is 5.41 Å². The number of hydrogen-bond donors (Lipinski definition) is 0. The number of aldehydes is 2. The first kappa shape index (κ1) is 10.1. The van der Waals surface area contributed by atoms with E-state index >= 15 is 0 Å². The van der Waals surface area contributed by atoms with Crippen molar-refractivity contribution in [3.05, 3.63) is 16.1 Å². The molecule has 1 aromatic rings. The van der Waals surface area contributed by atoms with Crippen molar-refractivity contribution in [1.29, 1.82) is 0 Å². The van der Waals surface area contributed by atoms with Crippen LogP contribution in [0, 0.1) is 5.41 Å². The van der Waals surface area contributed by atoms with E-state index in [0.717, 1.165) is 17.4 Å². The monoisotopic (exact) mass is 197 g/mol. The Bertz CT molecular complexity index is 317. The Morgan fingerprint density at radius 1 is 1.54 bits per heavy atom. The van der Waals surface area contributed by atoms with Gasteiger partial charge in [0.15, 0.2) is 11.3 Å². The number of carbonyl (C=O) groups excluding carboxylic acids is 2. The fraction of sp³-hybridized carbons (Fsp3) is 0.444. The molecule has 0 spiro atoms. The lowest BCUT2D eigenvalue weighted by atomic mass is 9.91. The molecule has 0 radical (unpaired) electrons. The highest BCUT2D eigenvalue weighted by Crippen LogP contribution is 2.22. The van der Waals surface area contributed by atoms with Gasteiger partial charge in [0.2, 0.25) is 0 Å². The first-order valence-electron chi connectivity index (χ1n) is 3.93. The molecule has 70 valence electrons. The molecule has 0 atom stereocenters. The molecule has 4 heteroatoms. The molecular weight excluding hydrogens is 186 g/mol. The van der Waals surface area contributed by atoms with Crippen LogP contribution in [-0.4, -0.2) is 17.6 Å². The van der Waals surface area contributed by atoms with Gasteiger partial charge in [0.05, 0.1) is 0 Å². The van der Waals surface area contributed by atoms with Crippen molar-refractivity contribution < 1.29 is 9.59 Å². The van der Waals surface area contributed by atoms with Gasteiger partial charge in [0.1, 0.15) is 6.29 Å². The van der Waals surface area contributed by atoms with Crippen LogP contribution in [0.25, 0.3) is 0 Å². The summed E-state index contributed by atoms with van der Waals surface area (Å²) < 4.78 is 0. The summed E-state index contributed by atoms with van der Waals surface area (Å²) in [7, 11) is 0. The fourth-order valence-electron chi connectivity index (χ4n) is 0.950. The van der Waals surface area contributed by atoms with Gasteiger partial charge < -0.3 is 4.79 Å². The Morgan fingerprint density at radius 2 is 2.23 bits per heavy atom. The van der Waals surface area contributed by atoms with E-state index in [0.29, 0.717) is 11.4 Å². The zero-order valence-corrected chi connectivity index (χ0v) is 8.43. The van der Waals surface area contributed by atoms with Crippen molar-refractivity contribution in [3.63, 3.8) is 0 Å². The second-order valence-corrected chi connectivity index (χ2v) is 4.71. The smallest absolute Gasteiger partial charge is 0.178 e. The molecule has 0 aliphatic carbocycles. The molecule has 0 N–H and O–H groups in total. The van der Waals surface area contributed by atoms with Gasteiger partial charge in [-0.2, -0.15) is 0 Å². The molecule has 0 aliphatic rings. The van der Waals surface area contributed by atoms with Gasteiger partial charge in [-0.15, -0.1) is 11.3 Å². The Labute approximate surface area is 80.8 Å². The maximum Gasteiger partial charge on any atom is 0.178 e. The third kappa shape index (κ3) is 2.73. The molecule has 1 heterocycles. The lowest BCUT2D eigenvalue weighted by Crippen LogP contribution is -2.15. The summed E-state index contributed by atoms with van der Waals surface area (Å²) in [5, 5.41) is 0.469. The number of hydrogen-bond acceptors (Lipinski definition) is 4. The van der Waals surface area contributed by atoms with Crippen LogP contribution in [0.5, 0.6) is 0 Å². The highest BCUT2D eigenvalue weighted by molar-refractivity contribution is 7.13. The molecule has 1 rings (SSSR count). The van der Waals surface area contributed by atoms with Gasteiger partial charge in [0.25, 0.3) is 0 Å². The second kappa shape index (κ2) is 3.79. The van der Waals surface area contributed by atoms with Crippen LogP contribution in [0.15, 0.2) is 6.20 Å². The summed E-state index contributed by atoms with van der Waals surface area (Å²) in [6.45, 7) is 3.72. The molecule has 0 saturated carbocycles. The lowest BCUT2D eigenvalue weighted by molar-refractivity contribution is -0.114. The zero-order chi connectivity index (χ0) is 9.90. The van der Waals surface area contributed by atoms with Crippen LogP contribution in [-0.2, 0) is 11.2 Å². The quantitative estimate of drug-likeness (QED) is 0.690. The SMILES string of the molecule is CC(C)(C=O)Cc1cnc(C=O)s1. The number of nitrogens with zero attached hydrogens (tertiary/aromatic N) is 1. The summed E-state index contributed by atoms with van der Waals surface area (Å²) in [4.78, 5) is 25.8. The maximum absolute atomic E-state index is 10.6. The van der Waals surface area contributed by atoms with E-state index in [1.807, 2.05) is 13.8 Å². The summed E-state index contributed by atoms with van der Waals surface area (Å²) in [5.41, 5.74) is -0.368.